The number of alkyl halides is 1. The molecule has 0 fully saturated rings. The monoisotopic (exact) mass is 562 g/mol. The molecule has 2 rings (SSSR count). The van der Waals surface area contributed by atoms with Gasteiger partial charge in [-0.2, -0.15) is 0 Å². The lowest BCUT2D eigenvalue weighted by molar-refractivity contribution is -0.129. The molecule has 0 spiro atoms. The first-order valence-electron chi connectivity index (χ1n) is 12.2. The van der Waals surface area contributed by atoms with E-state index in [9.17, 15) is 4.79 Å². The van der Waals surface area contributed by atoms with Crippen molar-refractivity contribution in [2.75, 3.05) is 12.9 Å². The molecule has 35 heavy (non-hydrogen) atoms. The van der Waals surface area contributed by atoms with E-state index in [0.29, 0.717) is 21.5 Å². The zero-order valence-electron chi connectivity index (χ0n) is 22.4. The highest BCUT2D eigenvalue weighted by atomic mass is 35.5. The first-order chi connectivity index (χ1) is 16.5. The number of hydrogen-bond acceptors (Lipinski definition) is 2. The summed E-state index contributed by atoms with van der Waals surface area (Å²) >= 11 is 23.7. The van der Waals surface area contributed by atoms with Crippen LogP contribution in [0.25, 0.3) is 0 Å². The van der Waals surface area contributed by atoms with Gasteiger partial charge in [-0.05, 0) is 48.1 Å². The van der Waals surface area contributed by atoms with Crippen LogP contribution in [-0.4, -0.2) is 23.7 Å². The second-order valence-corrected chi connectivity index (χ2v) is 10.4. The Morgan fingerprint density at radius 2 is 1.74 bits per heavy atom. The lowest BCUT2D eigenvalue weighted by Crippen LogP contribution is -2.35. The molecule has 1 N–H and O–H groups in total. The Labute approximate surface area is 233 Å². The second kappa shape index (κ2) is 17.3. The zero-order chi connectivity index (χ0) is 27.2. The summed E-state index contributed by atoms with van der Waals surface area (Å²) < 4.78 is 0. The summed E-state index contributed by atoms with van der Waals surface area (Å²) in [5.41, 5.74) is 2.92. The van der Waals surface area contributed by atoms with Gasteiger partial charge in [0.15, 0.2) is 0 Å². The summed E-state index contributed by atoms with van der Waals surface area (Å²) in [4.78, 5) is 14.8. The predicted octanol–water partition coefficient (Wildman–Crippen LogP) is 9.88. The van der Waals surface area contributed by atoms with Crippen LogP contribution in [-0.2, 0) is 4.79 Å². The Morgan fingerprint density at radius 1 is 1.11 bits per heavy atom. The van der Waals surface area contributed by atoms with E-state index in [1.807, 2.05) is 49.1 Å². The molecule has 1 aliphatic rings. The van der Waals surface area contributed by atoms with Crippen LogP contribution in [0.1, 0.15) is 85.8 Å². The van der Waals surface area contributed by atoms with E-state index in [1.165, 1.54) is 6.38 Å². The molecule has 1 unspecified atom stereocenters. The quantitative estimate of drug-likeness (QED) is 0.319. The summed E-state index contributed by atoms with van der Waals surface area (Å²) in [6, 6.07) is 5.27. The normalized spacial score (nSPS) is 14.0. The number of amides is 1. The largest absolute Gasteiger partial charge is 0.386 e. The number of halogens is 4. The van der Waals surface area contributed by atoms with Crippen molar-refractivity contribution in [2.24, 2.45) is 5.41 Å². The van der Waals surface area contributed by atoms with Crippen LogP contribution in [0.4, 0.5) is 0 Å². The molecule has 1 aliphatic carbocycles. The lowest BCUT2D eigenvalue weighted by atomic mass is 9.92. The minimum Gasteiger partial charge on any atom is -0.386 e. The maximum absolute atomic E-state index is 13.0. The van der Waals surface area contributed by atoms with Gasteiger partial charge in [0.05, 0.1) is 11.7 Å². The van der Waals surface area contributed by atoms with Gasteiger partial charge >= 0.3 is 0 Å². The van der Waals surface area contributed by atoms with E-state index in [0.717, 1.165) is 42.8 Å². The van der Waals surface area contributed by atoms with Gasteiger partial charge in [-0.3, -0.25) is 4.79 Å². The minimum atomic E-state index is -0.205. The average molecular weight is 564 g/mol. The molecule has 0 radical (unpaired) electrons. The molecule has 7 heteroatoms. The van der Waals surface area contributed by atoms with Crippen LogP contribution >= 0.6 is 46.4 Å². The molecule has 0 bridgehead atoms. The van der Waals surface area contributed by atoms with Crippen LogP contribution in [0.2, 0.25) is 10.0 Å². The maximum Gasteiger partial charge on any atom is 0.224 e. The zero-order valence-corrected chi connectivity index (χ0v) is 25.5. The van der Waals surface area contributed by atoms with Gasteiger partial charge in [-0.1, -0.05) is 94.9 Å². The number of nitrogens with zero attached hydrogens (tertiary/aromatic N) is 1. The Bertz CT molecular complexity index is 885. The highest BCUT2D eigenvalue weighted by Gasteiger charge is 2.28. The van der Waals surface area contributed by atoms with Crippen molar-refractivity contribution >= 4 is 52.3 Å². The SMILES string of the molecule is CC.CCCC(c1ccc(Cl)cc1Cl)N(C(C)=O)C1=C(NCCC(C)(C)C)CC=C(Cl)C=C1.CCl. The van der Waals surface area contributed by atoms with Gasteiger partial charge in [0.25, 0.3) is 0 Å². The molecule has 0 saturated carbocycles. The van der Waals surface area contributed by atoms with Gasteiger partial charge in [0.2, 0.25) is 5.91 Å². The van der Waals surface area contributed by atoms with Crippen molar-refractivity contribution in [3.8, 4) is 0 Å². The van der Waals surface area contributed by atoms with Crippen LogP contribution in [0.3, 0.4) is 0 Å². The number of carbonyl (C=O) groups excluding carboxylic acids is 1. The summed E-state index contributed by atoms with van der Waals surface area (Å²) in [6.45, 7) is 15.2. The highest BCUT2D eigenvalue weighted by Crippen LogP contribution is 2.37. The molecule has 0 aliphatic heterocycles. The molecule has 0 aromatic heterocycles. The van der Waals surface area contributed by atoms with E-state index >= 15 is 0 Å². The predicted molar refractivity (Wildman–Crippen MR) is 157 cm³/mol. The van der Waals surface area contributed by atoms with Crippen molar-refractivity contribution in [1.82, 2.24) is 10.2 Å². The fourth-order valence-electron chi connectivity index (χ4n) is 3.63. The van der Waals surface area contributed by atoms with Crippen molar-refractivity contribution in [3.63, 3.8) is 0 Å². The summed E-state index contributed by atoms with van der Waals surface area (Å²) in [5.74, 6) is -0.0442. The summed E-state index contributed by atoms with van der Waals surface area (Å²) in [6.07, 6.45) is 10.5. The molecular formula is C28H42Cl4N2O. The van der Waals surface area contributed by atoms with Crippen LogP contribution < -0.4 is 5.32 Å². The number of benzene rings is 1. The van der Waals surface area contributed by atoms with Gasteiger partial charge in [-0.15, -0.1) is 11.6 Å². The topological polar surface area (TPSA) is 32.3 Å². The molecule has 0 saturated heterocycles. The first-order valence-corrected chi connectivity index (χ1v) is 14.1. The molecule has 1 aromatic rings. The maximum atomic E-state index is 13.0. The van der Waals surface area contributed by atoms with E-state index in [2.05, 4.69) is 44.6 Å². The third-order valence-electron chi connectivity index (χ3n) is 5.22. The first kappa shape index (κ1) is 33.9. The van der Waals surface area contributed by atoms with Gasteiger partial charge in [0, 0.05) is 47.0 Å². The number of hydrogen-bond donors (Lipinski definition) is 1. The van der Waals surface area contributed by atoms with E-state index in [-0.39, 0.29) is 17.4 Å². The second-order valence-electron chi connectivity index (χ2n) is 9.09. The van der Waals surface area contributed by atoms with E-state index < -0.39 is 0 Å². The Hall–Kier alpha value is -1.13. The Kier molecular flexibility index (Phi) is 16.8. The third-order valence-corrected chi connectivity index (χ3v) is 6.06. The summed E-state index contributed by atoms with van der Waals surface area (Å²) in [5, 5.41) is 5.37. The van der Waals surface area contributed by atoms with Gasteiger partial charge in [0.1, 0.15) is 0 Å². The minimum absolute atomic E-state index is 0.0442. The smallest absolute Gasteiger partial charge is 0.224 e. The van der Waals surface area contributed by atoms with E-state index in [1.54, 1.807) is 13.0 Å². The van der Waals surface area contributed by atoms with Crippen molar-refractivity contribution in [2.45, 2.75) is 80.2 Å². The molecule has 1 amide bonds. The fraction of sp³-hybridized carbons (Fsp3) is 0.536. The third kappa shape index (κ3) is 11.6. The molecule has 1 atom stereocenters. The van der Waals surface area contributed by atoms with Gasteiger partial charge in [-0.25, -0.2) is 0 Å². The summed E-state index contributed by atoms with van der Waals surface area (Å²) in [7, 11) is 0. The average Bonchev–Trinajstić information content (AvgIpc) is 2.97. The standard InChI is InChI=1S/C25H33Cl3N2O.C2H6.CH3Cl/c1-6-7-23(20-11-8-19(27)16-21(20)28)30(17(2)31)24-13-10-18(26)9-12-22(24)29-15-14-25(3,4)5;2*1-2/h8-11,13,16,23,29H,6-7,12,14-15H2,1-5H3;1-2H3;1H3. The Morgan fingerprint density at radius 3 is 2.26 bits per heavy atom. The van der Waals surface area contributed by atoms with Crippen LogP contribution in [0, 0.1) is 5.41 Å². The molecule has 0 heterocycles. The van der Waals surface area contributed by atoms with Crippen molar-refractivity contribution in [1.29, 1.82) is 0 Å². The Balaban J connectivity index is 0.00000274. The van der Waals surface area contributed by atoms with Gasteiger partial charge < -0.3 is 10.2 Å². The van der Waals surface area contributed by atoms with Crippen molar-refractivity contribution < 1.29 is 4.79 Å². The number of rotatable bonds is 8. The number of allylic oxidation sites excluding steroid dienone is 4. The molecule has 198 valence electrons. The highest BCUT2D eigenvalue weighted by molar-refractivity contribution is 6.35. The number of nitrogens with one attached hydrogen (secondary N) is 1. The van der Waals surface area contributed by atoms with E-state index in [4.69, 9.17) is 34.8 Å². The number of carbonyl (C=O) groups is 1. The molecular weight excluding hydrogens is 522 g/mol. The van der Waals surface area contributed by atoms with Crippen LogP contribution in [0.5, 0.6) is 0 Å². The van der Waals surface area contributed by atoms with Crippen LogP contribution in [0.15, 0.2) is 52.9 Å². The molecule has 1 aromatic carbocycles. The molecule has 3 nitrogen and oxygen atoms in total. The van der Waals surface area contributed by atoms with Crippen molar-refractivity contribution in [3.05, 3.63) is 68.5 Å². The fourth-order valence-corrected chi connectivity index (χ4v) is 4.31. The lowest BCUT2D eigenvalue weighted by Gasteiger charge is -2.34.